The number of hydrogen-bond donors (Lipinski definition) is 2. The number of ether oxygens (including phenoxy) is 1. The van der Waals surface area contributed by atoms with Crippen LogP contribution in [0.5, 0.6) is 0 Å². The lowest BCUT2D eigenvalue weighted by Gasteiger charge is -2.09. The lowest BCUT2D eigenvalue weighted by Crippen LogP contribution is -2.21. The first-order chi connectivity index (χ1) is 13.1. The molecule has 0 aliphatic rings. The van der Waals surface area contributed by atoms with Gasteiger partial charge in [0.1, 0.15) is 0 Å². The number of benzene rings is 2. The van der Waals surface area contributed by atoms with Crippen molar-refractivity contribution in [1.29, 1.82) is 0 Å². The van der Waals surface area contributed by atoms with E-state index in [1.165, 1.54) is 25.2 Å². The first-order valence-electron chi connectivity index (χ1n) is 8.21. The molecule has 2 aromatic rings. The summed E-state index contributed by atoms with van der Waals surface area (Å²) >= 11 is 0. The molecule has 8 nitrogen and oxygen atoms in total. The van der Waals surface area contributed by atoms with Gasteiger partial charge in [0.15, 0.2) is 16.4 Å². The van der Waals surface area contributed by atoms with Crippen LogP contribution in [0.3, 0.4) is 0 Å². The maximum atomic E-state index is 12.2. The molecule has 0 radical (unpaired) electrons. The Bertz CT molecular complexity index is 1010. The highest BCUT2D eigenvalue weighted by atomic mass is 32.2. The zero-order valence-corrected chi connectivity index (χ0v) is 16.4. The number of rotatable bonds is 6. The number of anilines is 1. The molecule has 0 bridgehead atoms. The maximum Gasteiger partial charge on any atom is 0.338 e. The molecule has 0 spiro atoms. The highest BCUT2D eigenvalue weighted by Gasteiger charge is 2.17. The smallest absolute Gasteiger partial charge is 0.338 e. The van der Waals surface area contributed by atoms with Gasteiger partial charge in [0.2, 0.25) is 0 Å². The summed E-state index contributed by atoms with van der Waals surface area (Å²) < 4.78 is 28.2. The van der Waals surface area contributed by atoms with E-state index in [9.17, 15) is 22.8 Å². The third-order valence-corrected chi connectivity index (χ3v) is 4.96. The van der Waals surface area contributed by atoms with Crippen molar-refractivity contribution in [3.63, 3.8) is 0 Å². The van der Waals surface area contributed by atoms with Gasteiger partial charge in [-0.2, -0.15) is 0 Å². The Hall–Kier alpha value is -3.20. The van der Waals surface area contributed by atoms with E-state index >= 15 is 0 Å². The van der Waals surface area contributed by atoms with Gasteiger partial charge in [0.05, 0.1) is 10.5 Å². The Balaban J connectivity index is 1.99. The second kappa shape index (κ2) is 8.66. The van der Waals surface area contributed by atoms with Gasteiger partial charge < -0.3 is 15.4 Å². The maximum absolute atomic E-state index is 12.2. The van der Waals surface area contributed by atoms with Gasteiger partial charge in [-0.05, 0) is 48.9 Å². The van der Waals surface area contributed by atoms with E-state index in [0.717, 1.165) is 6.26 Å². The van der Waals surface area contributed by atoms with Crippen molar-refractivity contribution in [3.8, 4) is 0 Å². The van der Waals surface area contributed by atoms with Gasteiger partial charge in [0, 0.05) is 24.6 Å². The highest BCUT2D eigenvalue weighted by molar-refractivity contribution is 7.90. The zero-order chi connectivity index (χ0) is 20.9. The van der Waals surface area contributed by atoms with Crippen LogP contribution >= 0.6 is 0 Å². The molecule has 9 heteroatoms. The lowest BCUT2D eigenvalue weighted by molar-refractivity contribution is -0.119. The number of esters is 1. The Kier molecular flexibility index (Phi) is 6.53. The van der Waals surface area contributed by atoms with Crippen LogP contribution in [0.2, 0.25) is 0 Å². The molecule has 2 amide bonds. The second-order valence-corrected chi connectivity index (χ2v) is 8.05. The van der Waals surface area contributed by atoms with Gasteiger partial charge in [-0.15, -0.1) is 0 Å². The molecule has 0 aromatic heterocycles. The Labute approximate surface area is 162 Å². The number of nitrogens with one attached hydrogen (secondary N) is 2. The molecule has 0 atom stereocenters. The number of amides is 2. The zero-order valence-electron chi connectivity index (χ0n) is 15.6. The van der Waals surface area contributed by atoms with Crippen LogP contribution < -0.4 is 10.6 Å². The largest absolute Gasteiger partial charge is 0.452 e. The molecule has 28 heavy (non-hydrogen) atoms. The molecule has 0 aliphatic carbocycles. The van der Waals surface area contributed by atoms with Gasteiger partial charge in [-0.3, -0.25) is 9.59 Å². The Morgan fingerprint density at radius 1 is 1.04 bits per heavy atom. The van der Waals surface area contributed by atoms with E-state index in [4.69, 9.17) is 4.74 Å². The average molecular weight is 404 g/mol. The summed E-state index contributed by atoms with van der Waals surface area (Å²) in [5, 5.41) is 5.03. The van der Waals surface area contributed by atoms with Crippen molar-refractivity contribution in [2.45, 2.75) is 11.8 Å². The summed E-state index contributed by atoms with van der Waals surface area (Å²) in [7, 11) is -1.96. The number of carbonyl (C=O) groups excluding carboxylic acids is 3. The fourth-order valence-corrected chi connectivity index (χ4v) is 2.95. The van der Waals surface area contributed by atoms with Crippen LogP contribution in [0.15, 0.2) is 47.4 Å². The van der Waals surface area contributed by atoms with Crippen molar-refractivity contribution in [1.82, 2.24) is 5.32 Å². The Morgan fingerprint density at radius 2 is 1.68 bits per heavy atom. The van der Waals surface area contributed by atoms with Crippen LogP contribution in [-0.2, 0) is 19.4 Å². The van der Waals surface area contributed by atoms with Crippen molar-refractivity contribution in [3.05, 3.63) is 59.2 Å². The number of carbonyl (C=O) groups is 3. The van der Waals surface area contributed by atoms with E-state index in [1.54, 1.807) is 31.2 Å². The quantitative estimate of drug-likeness (QED) is 0.705. The van der Waals surface area contributed by atoms with Gasteiger partial charge in [-0.25, -0.2) is 13.2 Å². The first kappa shape index (κ1) is 21.1. The highest BCUT2D eigenvalue weighted by Crippen LogP contribution is 2.17. The second-order valence-electron chi connectivity index (χ2n) is 6.03. The predicted octanol–water partition coefficient (Wildman–Crippen LogP) is 1.55. The minimum atomic E-state index is -3.47. The van der Waals surface area contributed by atoms with E-state index in [2.05, 4.69) is 10.6 Å². The van der Waals surface area contributed by atoms with Crippen molar-refractivity contribution < 1.29 is 27.5 Å². The molecule has 2 N–H and O–H groups in total. The van der Waals surface area contributed by atoms with Crippen LogP contribution in [0, 0.1) is 6.92 Å². The van der Waals surface area contributed by atoms with Gasteiger partial charge in [-0.1, -0.05) is 6.07 Å². The van der Waals surface area contributed by atoms with E-state index in [1.807, 2.05) is 0 Å². The summed E-state index contributed by atoms with van der Waals surface area (Å²) in [6.07, 6.45) is 1.04. The standard InChI is InChI=1S/C19H20N2O6S/c1-12-4-9-15(28(3,25)26)10-16(12)19(24)27-11-17(22)21-14-7-5-13(6-8-14)18(23)20-2/h4-10H,11H2,1-3H3,(H,20,23)(H,21,22). The lowest BCUT2D eigenvalue weighted by atomic mass is 10.1. The number of aryl methyl sites for hydroxylation is 1. The molecule has 0 saturated heterocycles. The topological polar surface area (TPSA) is 119 Å². The fourth-order valence-electron chi connectivity index (χ4n) is 2.31. The SMILES string of the molecule is CNC(=O)c1ccc(NC(=O)COC(=O)c2cc(S(C)(=O)=O)ccc2C)cc1. The molecule has 148 valence electrons. The van der Waals surface area contributed by atoms with Crippen LogP contribution in [0.1, 0.15) is 26.3 Å². The molecular formula is C19H20N2O6S. The molecule has 2 rings (SSSR count). The molecule has 0 fully saturated rings. The third-order valence-electron chi connectivity index (χ3n) is 3.85. The minimum Gasteiger partial charge on any atom is -0.452 e. The summed E-state index contributed by atoms with van der Waals surface area (Å²) in [5.41, 5.74) is 1.48. The predicted molar refractivity (Wildman–Crippen MR) is 103 cm³/mol. The molecule has 0 saturated carbocycles. The molecule has 0 heterocycles. The monoisotopic (exact) mass is 404 g/mol. The van der Waals surface area contributed by atoms with Crippen molar-refractivity contribution in [2.75, 3.05) is 25.2 Å². The summed E-state index contributed by atoms with van der Waals surface area (Å²) in [6.45, 7) is 1.09. The van der Waals surface area contributed by atoms with E-state index in [0.29, 0.717) is 16.8 Å². The van der Waals surface area contributed by atoms with Crippen molar-refractivity contribution >= 4 is 33.3 Å². The minimum absolute atomic E-state index is 0.00860. The van der Waals surface area contributed by atoms with Crippen LogP contribution in [0.25, 0.3) is 0 Å². The summed E-state index contributed by atoms with van der Waals surface area (Å²) in [5.74, 6) is -1.62. The third kappa shape index (κ3) is 5.40. The van der Waals surface area contributed by atoms with Crippen LogP contribution in [-0.4, -0.2) is 46.1 Å². The van der Waals surface area contributed by atoms with E-state index < -0.39 is 28.3 Å². The average Bonchev–Trinajstić information content (AvgIpc) is 2.65. The van der Waals surface area contributed by atoms with E-state index in [-0.39, 0.29) is 16.4 Å². The molecular weight excluding hydrogens is 384 g/mol. The van der Waals surface area contributed by atoms with Gasteiger partial charge in [0.25, 0.3) is 11.8 Å². The fraction of sp³-hybridized carbons (Fsp3) is 0.211. The summed E-state index contributed by atoms with van der Waals surface area (Å²) in [6, 6.07) is 10.3. The van der Waals surface area contributed by atoms with Gasteiger partial charge >= 0.3 is 5.97 Å². The Morgan fingerprint density at radius 3 is 2.25 bits per heavy atom. The number of sulfone groups is 1. The number of hydrogen-bond acceptors (Lipinski definition) is 6. The molecule has 0 aliphatic heterocycles. The van der Waals surface area contributed by atoms with Crippen LogP contribution in [0.4, 0.5) is 5.69 Å². The summed E-state index contributed by atoms with van der Waals surface area (Å²) in [4.78, 5) is 35.7. The molecule has 0 unspecified atom stereocenters. The molecule has 2 aromatic carbocycles. The first-order valence-corrected chi connectivity index (χ1v) is 10.1. The normalized spacial score (nSPS) is 10.8. The van der Waals surface area contributed by atoms with Crippen molar-refractivity contribution in [2.24, 2.45) is 0 Å².